The van der Waals surface area contributed by atoms with Gasteiger partial charge < -0.3 is 20.7 Å². The molecule has 0 radical (unpaired) electrons. The van der Waals surface area contributed by atoms with Gasteiger partial charge in [-0.2, -0.15) is 0 Å². The van der Waals surface area contributed by atoms with Gasteiger partial charge in [-0.05, 0) is 13.3 Å². The monoisotopic (exact) mass is 220 g/mol. The summed E-state index contributed by atoms with van der Waals surface area (Å²) in [5.41, 5.74) is 5.43. The lowest BCUT2D eigenvalue weighted by atomic mass is 9.77. The third-order valence-electron chi connectivity index (χ3n) is 2.31. The molecule has 14 heavy (non-hydrogen) atoms. The minimum atomic E-state index is -1.55. The van der Waals surface area contributed by atoms with E-state index in [-0.39, 0.29) is 11.3 Å². The molecular weight excluding hydrogens is 206 g/mol. The van der Waals surface area contributed by atoms with Crippen molar-refractivity contribution in [1.29, 1.82) is 0 Å². The zero-order chi connectivity index (χ0) is 10.9. The minimum absolute atomic E-state index is 0.232. The van der Waals surface area contributed by atoms with Gasteiger partial charge in [0.05, 0.1) is 17.4 Å². The lowest BCUT2D eigenvalue weighted by Crippen LogP contribution is -2.50. The summed E-state index contributed by atoms with van der Waals surface area (Å²) < 4.78 is 0. The van der Waals surface area contributed by atoms with Crippen LogP contribution in [0.1, 0.15) is 13.3 Å². The fraction of sp³-hybridized carbons (Fsp3) is 0.857. The number of hydrogen-bond donors (Lipinski definition) is 3. The van der Waals surface area contributed by atoms with E-state index in [0.717, 1.165) is 0 Å². The van der Waals surface area contributed by atoms with Crippen LogP contribution in [0.5, 0.6) is 0 Å². The van der Waals surface area contributed by atoms with Crippen LogP contribution in [-0.4, -0.2) is 51.9 Å². The molecule has 0 spiro atoms. The van der Waals surface area contributed by atoms with Crippen molar-refractivity contribution in [2.75, 3.05) is 6.54 Å². The molecule has 1 fully saturated rings. The Morgan fingerprint density at radius 2 is 2.29 bits per heavy atom. The van der Waals surface area contributed by atoms with Gasteiger partial charge in [0.2, 0.25) is 5.91 Å². The Hall–Kier alpha value is -0.295. The second-order valence-corrected chi connectivity index (χ2v) is 4.21. The topological polar surface area (TPSA) is 86.8 Å². The number of carbonyl (C=O) groups excluding carboxylic acids is 1. The van der Waals surface area contributed by atoms with E-state index in [1.165, 1.54) is 4.90 Å². The van der Waals surface area contributed by atoms with Crippen LogP contribution in [0, 0.1) is 0 Å². The van der Waals surface area contributed by atoms with Crippen molar-refractivity contribution >= 4 is 24.6 Å². The molecule has 80 valence electrons. The Morgan fingerprint density at radius 3 is 2.71 bits per heavy atom. The smallest absolute Gasteiger partial charge is 0.426 e. The van der Waals surface area contributed by atoms with E-state index in [1.54, 1.807) is 6.92 Å². The highest BCUT2D eigenvalue weighted by Gasteiger charge is 2.41. The van der Waals surface area contributed by atoms with Crippen molar-refractivity contribution in [3.05, 3.63) is 0 Å². The van der Waals surface area contributed by atoms with Crippen molar-refractivity contribution in [1.82, 2.24) is 4.90 Å². The fourth-order valence-electron chi connectivity index (χ4n) is 1.61. The van der Waals surface area contributed by atoms with E-state index in [1.807, 2.05) is 0 Å². The predicted octanol–water partition coefficient (Wildman–Crippen LogP) is -1.45. The Balaban J connectivity index is 2.71. The van der Waals surface area contributed by atoms with Crippen molar-refractivity contribution < 1.29 is 14.8 Å². The highest BCUT2D eigenvalue weighted by molar-refractivity contribution is 6.44. The average molecular weight is 220 g/mol. The maximum absolute atomic E-state index is 11.5. The normalized spacial score (nSPS) is 29.1. The summed E-state index contributed by atoms with van der Waals surface area (Å²) in [7, 11) is -1.55. The van der Waals surface area contributed by atoms with Gasteiger partial charge in [-0.3, -0.25) is 4.79 Å². The van der Waals surface area contributed by atoms with Gasteiger partial charge in [-0.15, -0.1) is 11.6 Å². The number of alkyl halides is 1. The standard InChI is InChI=1S/C7H14BClN2O3/c1-4(10)7(12)11-3-5(9)2-6(11)8(13)14/h4-6,13-14H,2-3,10H2,1H3/t4-,5-,6-/m0/s1. The van der Waals surface area contributed by atoms with Crippen LogP contribution >= 0.6 is 11.6 Å². The zero-order valence-electron chi connectivity index (χ0n) is 7.93. The molecule has 0 saturated carbocycles. The zero-order valence-corrected chi connectivity index (χ0v) is 8.68. The number of likely N-dealkylation sites (tertiary alicyclic amines) is 1. The maximum Gasteiger partial charge on any atom is 0.475 e. The molecule has 0 unspecified atom stereocenters. The molecule has 4 N–H and O–H groups in total. The molecule has 1 aliphatic heterocycles. The molecule has 0 aromatic rings. The van der Waals surface area contributed by atoms with Crippen molar-refractivity contribution in [3.8, 4) is 0 Å². The number of halogens is 1. The molecule has 0 aliphatic carbocycles. The van der Waals surface area contributed by atoms with Crippen LogP contribution < -0.4 is 5.73 Å². The first-order valence-electron chi connectivity index (χ1n) is 4.49. The average Bonchev–Trinajstić information content (AvgIpc) is 2.45. The lowest BCUT2D eigenvalue weighted by molar-refractivity contribution is -0.132. The third-order valence-corrected chi connectivity index (χ3v) is 2.63. The van der Waals surface area contributed by atoms with Crippen LogP contribution in [0.4, 0.5) is 0 Å². The Kier molecular flexibility index (Phi) is 3.77. The van der Waals surface area contributed by atoms with Crippen LogP contribution in [0.15, 0.2) is 0 Å². The van der Waals surface area contributed by atoms with Crippen molar-refractivity contribution in [3.63, 3.8) is 0 Å². The van der Waals surface area contributed by atoms with E-state index in [2.05, 4.69) is 0 Å². The van der Waals surface area contributed by atoms with Crippen molar-refractivity contribution in [2.24, 2.45) is 5.73 Å². The highest BCUT2D eigenvalue weighted by Crippen LogP contribution is 2.23. The number of carbonyl (C=O) groups is 1. The molecule has 5 nitrogen and oxygen atoms in total. The van der Waals surface area contributed by atoms with Crippen LogP contribution in [0.25, 0.3) is 0 Å². The molecule has 0 aromatic heterocycles. The van der Waals surface area contributed by atoms with Gasteiger partial charge in [0.25, 0.3) is 0 Å². The highest BCUT2D eigenvalue weighted by atomic mass is 35.5. The summed E-state index contributed by atoms with van der Waals surface area (Å²) in [6, 6.07) is -0.641. The summed E-state index contributed by atoms with van der Waals surface area (Å²) in [6.07, 6.45) is 0.387. The number of amides is 1. The Labute approximate surface area is 88.0 Å². The first kappa shape index (κ1) is 11.8. The largest absolute Gasteiger partial charge is 0.475 e. The number of nitrogens with zero attached hydrogens (tertiary/aromatic N) is 1. The quantitative estimate of drug-likeness (QED) is 0.393. The van der Waals surface area contributed by atoms with Crippen LogP contribution in [0.2, 0.25) is 0 Å². The van der Waals surface area contributed by atoms with Crippen molar-refractivity contribution in [2.45, 2.75) is 30.7 Å². The molecule has 0 bridgehead atoms. The maximum atomic E-state index is 11.5. The Morgan fingerprint density at radius 1 is 1.71 bits per heavy atom. The second-order valence-electron chi connectivity index (χ2n) is 3.59. The van der Waals surface area contributed by atoms with Gasteiger partial charge in [0.1, 0.15) is 0 Å². The van der Waals surface area contributed by atoms with Gasteiger partial charge >= 0.3 is 7.12 Å². The van der Waals surface area contributed by atoms with Gasteiger partial charge in [0.15, 0.2) is 0 Å². The molecule has 1 amide bonds. The molecule has 1 saturated heterocycles. The minimum Gasteiger partial charge on any atom is -0.426 e. The molecule has 1 heterocycles. The summed E-state index contributed by atoms with van der Waals surface area (Å²) in [6.45, 7) is 1.88. The molecule has 0 aromatic carbocycles. The van der Waals surface area contributed by atoms with E-state index in [9.17, 15) is 4.79 Å². The molecular formula is C7H14BClN2O3. The number of rotatable bonds is 2. The molecule has 3 atom stereocenters. The van der Waals surface area contributed by atoms with Crippen LogP contribution in [0.3, 0.4) is 0 Å². The van der Waals surface area contributed by atoms with E-state index in [0.29, 0.717) is 13.0 Å². The lowest BCUT2D eigenvalue weighted by Gasteiger charge is -2.25. The van der Waals surface area contributed by atoms with E-state index >= 15 is 0 Å². The summed E-state index contributed by atoms with van der Waals surface area (Å²) in [5.74, 6) is -0.928. The summed E-state index contributed by atoms with van der Waals surface area (Å²) in [5, 5.41) is 17.8. The van der Waals surface area contributed by atoms with Gasteiger partial charge in [0, 0.05) is 6.54 Å². The van der Waals surface area contributed by atoms with Gasteiger partial charge in [-0.25, -0.2) is 0 Å². The molecule has 7 heteroatoms. The summed E-state index contributed by atoms with van der Waals surface area (Å²) >= 11 is 5.84. The van der Waals surface area contributed by atoms with E-state index < -0.39 is 19.1 Å². The number of nitrogens with two attached hydrogens (primary N) is 1. The first-order valence-corrected chi connectivity index (χ1v) is 4.93. The molecule has 1 aliphatic rings. The second kappa shape index (κ2) is 4.48. The Bertz CT molecular complexity index is 227. The first-order chi connectivity index (χ1) is 6.43. The summed E-state index contributed by atoms with van der Waals surface area (Å²) in [4.78, 5) is 12.9. The van der Waals surface area contributed by atoms with E-state index in [4.69, 9.17) is 27.4 Å². The third kappa shape index (κ3) is 2.39. The fourth-order valence-corrected chi connectivity index (χ4v) is 1.94. The predicted molar refractivity (Wildman–Crippen MR) is 53.6 cm³/mol. The van der Waals surface area contributed by atoms with Crippen LogP contribution in [-0.2, 0) is 4.79 Å². The van der Waals surface area contributed by atoms with Gasteiger partial charge in [-0.1, -0.05) is 0 Å². The SMILES string of the molecule is C[C@H](N)C(=O)N1C[C@@H](Cl)C[C@H]1B(O)O. The number of hydrogen-bond acceptors (Lipinski definition) is 4. The molecule has 1 rings (SSSR count).